The van der Waals surface area contributed by atoms with Crippen LogP contribution in [0.3, 0.4) is 0 Å². The van der Waals surface area contributed by atoms with Crippen molar-refractivity contribution in [1.82, 2.24) is 21.3 Å². The van der Waals surface area contributed by atoms with E-state index in [1.54, 1.807) is 0 Å². The molecule has 4 N–H and O–H groups in total. The number of urea groups is 1. The van der Waals surface area contributed by atoms with Crippen LogP contribution in [0.5, 0.6) is 0 Å². The maximum atomic E-state index is 13.0. The van der Waals surface area contributed by atoms with E-state index in [1.165, 1.54) is 0 Å². The monoisotopic (exact) mass is 394 g/mol. The molecular weight excluding hydrogens is 364 g/mol. The lowest BCUT2D eigenvalue weighted by Crippen LogP contribution is -2.61. The second-order valence-corrected chi connectivity index (χ2v) is 7.63. The number of halogens is 1. The molecule has 1 aliphatic heterocycles. The zero-order chi connectivity index (χ0) is 18.4. The zero-order valence-corrected chi connectivity index (χ0v) is 16.7. The number of piperidine rings is 1. The van der Waals surface area contributed by atoms with Gasteiger partial charge in [-0.15, -0.1) is 12.4 Å². The molecule has 2 aliphatic rings. The van der Waals surface area contributed by atoms with Gasteiger partial charge in [-0.2, -0.15) is 0 Å². The molecule has 0 bridgehead atoms. The second-order valence-electron chi connectivity index (χ2n) is 7.63. The van der Waals surface area contributed by atoms with Crippen LogP contribution in [0.1, 0.15) is 51.0 Å². The third-order valence-electron chi connectivity index (χ3n) is 5.50. The summed E-state index contributed by atoms with van der Waals surface area (Å²) in [5.74, 6) is -0.0241. The first-order valence-electron chi connectivity index (χ1n) is 9.72. The number of hydrogen-bond donors (Lipinski definition) is 4. The van der Waals surface area contributed by atoms with Gasteiger partial charge in [0, 0.05) is 18.6 Å². The van der Waals surface area contributed by atoms with E-state index in [9.17, 15) is 9.59 Å². The van der Waals surface area contributed by atoms with Gasteiger partial charge in [0.15, 0.2) is 0 Å². The molecule has 1 saturated heterocycles. The highest BCUT2D eigenvalue weighted by Gasteiger charge is 2.43. The van der Waals surface area contributed by atoms with Crippen LogP contribution in [0.2, 0.25) is 0 Å². The largest absolute Gasteiger partial charge is 0.351 e. The number of carbonyl (C=O) groups excluding carboxylic acids is 2. The third-order valence-corrected chi connectivity index (χ3v) is 5.50. The summed E-state index contributed by atoms with van der Waals surface area (Å²) in [6.45, 7) is 3.51. The van der Waals surface area contributed by atoms with E-state index in [0.29, 0.717) is 25.4 Å². The van der Waals surface area contributed by atoms with Gasteiger partial charge in [-0.1, -0.05) is 43.2 Å². The number of carbonyl (C=O) groups is 2. The van der Waals surface area contributed by atoms with Gasteiger partial charge in [-0.3, -0.25) is 4.79 Å². The summed E-state index contributed by atoms with van der Waals surface area (Å²) in [5.41, 5.74) is 0.269. The zero-order valence-electron chi connectivity index (χ0n) is 15.9. The normalized spacial score (nSPS) is 23.7. The SMILES string of the molecule is CC1CC(NC(=O)C2(NC(=O)NCc3ccccc3)CCCC2)CCN1.Cl. The summed E-state index contributed by atoms with van der Waals surface area (Å²) in [5, 5.41) is 12.4. The molecule has 1 saturated carbocycles. The van der Waals surface area contributed by atoms with E-state index in [0.717, 1.165) is 37.8 Å². The summed E-state index contributed by atoms with van der Waals surface area (Å²) < 4.78 is 0. The Balaban J connectivity index is 0.00000261. The highest BCUT2D eigenvalue weighted by Crippen LogP contribution is 2.30. The average Bonchev–Trinajstić information content (AvgIpc) is 3.11. The Hall–Kier alpha value is -1.79. The molecule has 27 heavy (non-hydrogen) atoms. The summed E-state index contributed by atoms with van der Waals surface area (Å²) in [4.78, 5) is 25.4. The van der Waals surface area contributed by atoms with Gasteiger partial charge in [-0.05, 0) is 44.7 Å². The highest BCUT2D eigenvalue weighted by molar-refractivity contribution is 5.91. The van der Waals surface area contributed by atoms with Crippen molar-refractivity contribution < 1.29 is 9.59 Å². The fourth-order valence-corrected chi connectivity index (χ4v) is 4.01. The van der Waals surface area contributed by atoms with E-state index < -0.39 is 5.54 Å². The van der Waals surface area contributed by atoms with Crippen LogP contribution in [0.15, 0.2) is 30.3 Å². The maximum Gasteiger partial charge on any atom is 0.315 e. The number of benzene rings is 1. The molecular formula is C20H31ClN4O2. The maximum absolute atomic E-state index is 13.0. The molecule has 7 heteroatoms. The van der Waals surface area contributed by atoms with Gasteiger partial charge < -0.3 is 21.3 Å². The minimum absolute atomic E-state index is 0. The van der Waals surface area contributed by atoms with Gasteiger partial charge in [0.25, 0.3) is 0 Å². The quantitative estimate of drug-likeness (QED) is 0.619. The van der Waals surface area contributed by atoms with Crippen LogP contribution < -0.4 is 21.3 Å². The summed E-state index contributed by atoms with van der Waals surface area (Å²) in [7, 11) is 0. The van der Waals surface area contributed by atoms with E-state index in [-0.39, 0.29) is 30.4 Å². The van der Waals surface area contributed by atoms with Crippen molar-refractivity contribution in [2.45, 2.75) is 69.6 Å². The van der Waals surface area contributed by atoms with Gasteiger partial charge >= 0.3 is 6.03 Å². The molecule has 6 nitrogen and oxygen atoms in total. The molecule has 2 atom stereocenters. The Morgan fingerprint density at radius 2 is 1.89 bits per heavy atom. The van der Waals surface area contributed by atoms with Gasteiger partial charge in [-0.25, -0.2) is 4.79 Å². The molecule has 1 aromatic carbocycles. The number of rotatable bonds is 5. The van der Waals surface area contributed by atoms with Crippen LogP contribution >= 0.6 is 12.4 Å². The van der Waals surface area contributed by atoms with Crippen LogP contribution in [-0.4, -0.2) is 36.1 Å². The Morgan fingerprint density at radius 1 is 1.19 bits per heavy atom. The Morgan fingerprint density at radius 3 is 2.56 bits per heavy atom. The van der Waals surface area contributed by atoms with E-state index >= 15 is 0 Å². The van der Waals surface area contributed by atoms with Crippen molar-refractivity contribution in [3.05, 3.63) is 35.9 Å². The average molecular weight is 395 g/mol. The standard InChI is InChI=1S/C20H30N4O2.ClH/c1-15-13-17(9-12-21-15)23-18(25)20(10-5-6-11-20)24-19(26)22-14-16-7-3-2-4-8-16;/h2-4,7-8,15,17,21H,5-6,9-14H2,1H3,(H,23,25)(H2,22,24,26);1H. The first kappa shape index (κ1) is 21.5. The lowest BCUT2D eigenvalue weighted by Gasteiger charge is -2.34. The van der Waals surface area contributed by atoms with Gasteiger partial charge in [0.1, 0.15) is 5.54 Å². The summed E-state index contributed by atoms with van der Waals surface area (Å²) in [6, 6.07) is 10.1. The predicted octanol–water partition coefficient (Wildman–Crippen LogP) is 2.48. The Bertz CT molecular complexity index is 620. The lowest BCUT2D eigenvalue weighted by atomic mass is 9.94. The van der Waals surface area contributed by atoms with E-state index in [1.807, 2.05) is 30.3 Å². The third kappa shape index (κ3) is 5.84. The molecule has 2 unspecified atom stereocenters. The predicted molar refractivity (Wildman–Crippen MR) is 109 cm³/mol. The van der Waals surface area contributed by atoms with E-state index in [4.69, 9.17) is 0 Å². The summed E-state index contributed by atoms with van der Waals surface area (Å²) >= 11 is 0. The Kier molecular flexibility index (Phi) is 7.92. The first-order valence-corrected chi connectivity index (χ1v) is 9.72. The molecule has 1 heterocycles. The van der Waals surface area contributed by atoms with Crippen molar-refractivity contribution in [3.8, 4) is 0 Å². The highest BCUT2D eigenvalue weighted by atomic mass is 35.5. The molecule has 0 aromatic heterocycles. The van der Waals surface area contributed by atoms with Crippen molar-refractivity contribution >= 4 is 24.3 Å². The molecule has 3 rings (SSSR count). The molecule has 0 spiro atoms. The van der Waals surface area contributed by atoms with Crippen molar-refractivity contribution in [1.29, 1.82) is 0 Å². The molecule has 150 valence electrons. The number of nitrogens with one attached hydrogen (secondary N) is 4. The fourth-order valence-electron chi connectivity index (χ4n) is 4.01. The van der Waals surface area contributed by atoms with Crippen molar-refractivity contribution in [2.24, 2.45) is 0 Å². The minimum atomic E-state index is -0.769. The smallest absolute Gasteiger partial charge is 0.315 e. The number of hydrogen-bond acceptors (Lipinski definition) is 3. The van der Waals surface area contributed by atoms with Gasteiger partial charge in [0.2, 0.25) is 5.91 Å². The summed E-state index contributed by atoms with van der Waals surface area (Å²) in [6.07, 6.45) is 5.22. The Labute approximate surface area is 167 Å². The molecule has 1 aromatic rings. The minimum Gasteiger partial charge on any atom is -0.351 e. The van der Waals surface area contributed by atoms with Crippen molar-refractivity contribution in [2.75, 3.05) is 6.54 Å². The van der Waals surface area contributed by atoms with E-state index in [2.05, 4.69) is 28.2 Å². The van der Waals surface area contributed by atoms with Crippen LogP contribution in [0.4, 0.5) is 4.79 Å². The lowest BCUT2D eigenvalue weighted by molar-refractivity contribution is -0.128. The van der Waals surface area contributed by atoms with Gasteiger partial charge in [0.05, 0.1) is 0 Å². The second kappa shape index (κ2) is 9.95. The van der Waals surface area contributed by atoms with Crippen molar-refractivity contribution in [3.63, 3.8) is 0 Å². The van der Waals surface area contributed by atoms with Crippen LogP contribution in [0, 0.1) is 0 Å². The van der Waals surface area contributed by atoms with Crippen LogP contribution in [-0.2, 0) is 11.3 Å². The fraction of sp³-hybridized carbons (Fsp3) is 0.600. The molecule has 0 radical (unpaired) electrons. The molecule has 3 amide bonds. The number of amides is 3. The topological polar surface area (TPSA) is 82.3 Å². The molecule has 1 aliphatic carbocycles. The first-order chi connectivity index (χ1) is 12.6. The van der Waals surface area contributed by atoms with Crippen LogP contribution in [0.25, 0.3) is 0 Å². The molecule has 2 fully saturated rings.